The number of carboxylic acids is 1. The van der Waals surface area contributed by atoms with E-state index in [1.807, 2.05) is 0 Å². The summed E-state index contributed by atoms with van der Waals surface area (Å²) in [5.74, 6) is -1.30. The van der Waals surface area contributed by atoms with Crippen molar-refractivity contribution in [3.63, 3.8) is 0 Å². The van der Waals surface area contributed by atoms with Crippen molar-refractivity contribution in [2.24, 2.45) is 5.73 Å². The van der Waals surface area contributed by atoms with Crippen LogP contribution in [0.5, 0.6) is 0 Å². The molecule has 0 aliphatic carbocycles. The van der Waals surface area contributed by atoms with Crippen molar-refractivity contribution < 1.29 is 24.2 Å². The molecule has 0 bridgehead atoms. The van der Waals surface area contributed by atoms with Gasteiger partial charge in [-0.15, -0.1) is 0 Å². The van der Waals surface area contributed by atoms with E-state index in [2.05, 4.69) is 67.8 Å². The smallest absolute Gasteiger partial charge is 0.326 e. The monoisotopic (exact) mass is 743 g/mol. The minimum atomic E-state index is -1.01. The lowest BCUT2D eigenvalue weighted by Crippen LogP contribution is -2.40. The zero-order valence-corrected chi connectivity index (χ0v) is 34.4. The Morgan fingerprint density at radius 3 is 1.60 bits per heavy atom. The van der Waals surface area contributed by atoms with E-state index >= 15 is 0 Å². The molecule has 0 saturated heterocycles. The number of nitrogens with two attached hydrogens (primary N) is 1. The second kappa shape index (κ2) is 40.5. The highest BCUT2D eigenvalue weighted by atomic mass is 16.5. The van der Waals surface area contributed by atoms with Crippen LogP contribution < -0.4 is 11.1 Å². The van der Waals surface area contributed by atoms with Crippen LogP contribution in [0.1, 0.15) is 206 Å². The second-order valence-electron chi connectivity index (χ2n) is 14.7. The van der Waals surface area contributed by atoms with Crippen molar-refractivity contribution in [3.05, 3.63) is 48.6 Å². The normalized spacial score (nSPS) is 13.1. The van der Waals surface area contributed by atoms with Crippen LogP contribution in [0.15, 0.2) is 48.6 Å². The molecule has 7 heteroatoms. The number of esters is 1. The highest BCUT2D eigenvalue weighted by Crippen LogP contribution is 2.16. The molecule has 7 nitrogen and oxygen atoms in total. The van der Waals surface area contributed by atoms with Gasteiger partial charge in [-0.2, -0.15) is 0 Å². The first-order chi connectivity index (χ1) is 25.9. The van der Waals surface area contributed by atoms with Gasteiger partial charge in [0.25, 0.3) is 0 Å². The summed E-state index contributed by atoms with van der Waals surface area (Å²) in [7, 11) is 0. The van der Waals surface area contributed by atoms with E-state index in [9.17, 15) is 19.5 Å². The number of nitrogens with one attached hydrogen (secondary N) is 1. The van der Waals surface area contributed by atoms with E-state index < -0.39 is 12.0 Å². The molecule has 306 valence electrons. The summed E-state index contributed by atoms with van der Waals surface area (Å²) < 4.78 is 5.93. The van der Waals surface area contributed by atoms with Gasteiger partial charge in [0, 0.05) is 12.8 Å². The van der Waals surface area contributed by atoms with Crippen molar-refractivity contribution in [2.45, 2.75) is 219 Å². The molecule has 0 aromatic heterocycles. The summed E-state index contributed by atoms with van der Waals surface area (Å²) in [4.78, 5) is 36.2. The van der Waals surface area contributed by atoms with Gasteiger partial charge in [-0.25, -0.2) is 4.79 Å². The zero-order valence-electron chi connectivity index (χ0n) is 34.4. The Morgan fingerprint density at radius 1 is 0.566 bits per heavy atom. The van der Waals surface area contributed by atoms with Crippen molar-refractivity contribution in [1.82, 2.24) is 5.32 Å². The molecule has 53 heavy (non-hydrogen) atoms. The molecule has 0 fully saturated rings. The van der Waals surface area contributed by atoms with Gasteiger partial charge in [0.15, 0.2) is 0 Å². The number of aliphatic carboxylic acids is 1. The topological polar surface area (TPSA) is 119 Å². The molecule has 0 saturated carbocycles. The van der Waals surface area contributed by atoms with Crippen LogP contribution in [0.4, 0.5) is 0 Å². The first kappa shape index (κ1) is 50.3. The minimum Gasteiger partial charge on any atom is -0.480 e. The van der Waals surface area contributed by atoms with Gasteiger partial charge < -0.3 is 20.9 Å². The molecule has 0 aromatic rings. The average molecular weight is 743 g/mol. The molecule has 0 radical (unpaired) electrons. The SMILES string of the molecule is CCCCC/C=C\C/C=C\C(CCCCCCCCC(=O)NC(CCCN)C(=O)O)OC(=O)CCCCCCCCC/C=C\C/C=C\CCCCCC. The van der Waals surface area contributed by atoms with Gasteiger partial charge in [-0.1, -0.05) is 146 Å². The van der Waals surface area contributed by atoms with Crippen LogP contribution >= 0.6 is 0 Å². The number of rotatable bonds is 39. The summed E-state index contributed by atoms with van der Waals surface area (Å²) in [6, 6.07) is -0.857. The standard InChI is InChI=1S/C46H82N2O5/c1-3-5-7-9-11-13-14-15-16-17-18-19-20-21-22-24-30-34-40-45(50)53-42(36-31-27-23-12-10-8-6-4-2)37-32-28-25-26-29-33-39-44(49)48-43(46(51)52)38-35-41-47/h12-14,16-17,23,31,36,42-43H,3-11,15,18-22,24-30,32-35,37-41,47H2,1-2H3,(H,48,49)(H,51,52)/b14-13-,17-16-,23-12-,36-31-. The number of carboxylic acid groups (broad SMARTS) is 1. The van der Waals surface area contributed by atoms with Crippen LogP contribution in [0, 0.1) is 0 Å². The quantitative estimate of drug-likeness (QED) is 0.0328. The summed E-state index contributed by atoms with van der Waals surface area (Å²) in [6.07, 6.45) is 48.9. The molecule has 2 atom stereocenters. The number of unbranched alkanes of at least 4 members (excludes halogenated alkanes) is 19. The number of ether oxygens (including phenoxy) is 1. The first-order valence-corrected chi connectivity index (χ1v) is 22.0. The molecule has 0 spiro atoms. The number of hydrogen-bond acceptors (Lipinski definition) is 5. The van der Waals surface area contributed by atoms with Crippen molar-refractivity contribution >= 4 is 17.8 Å². The third kappa shape index (κ3) is 37.4. The number of carbonyl (C=O) groups is 3. The second-order valence-corrected chi connectivity index (χ2v) is 14.7. The van der Waals surface area contributed by atoms with Crippen LogP contribution in [0.3, 0.4) is 0 Å². The molecule has 0 heterocycles. The lowest BCUT2D eigenvalue weighted by atomic mass is 10.0. The average Bonchev–Trinajstić information content (AvgIpc) is 3.14. The van der Waals surface area contributed by atoms with Crippen LogP contribution in [0.2, 0.25) is 0 Å². The summed E-state index contributed by atoms with van der Waals surface area (Å²) >= 11 is 0. The van der Waals surface area contributed by atoms with E-state index in [-0.39, 0.29) is 18.0 Å². The lowest BCUT2D eigenvalue weighted by Gasteiger charge is -2.15. The highest BCUT2D eigenvalue weighted by Gasteiger charge is 2.18. The molecular weight excluding hydrogens is 661 g/mol. The Labute approximate surface area is 326 Å². The van der Waals surface area contributed by atoms with Crippen molar-refractivity contribution in [2.75, 3.05) is 6.54 Å². The van der Waals surface area contributed by atoms with Gasteiger partial charge >= 0.3 is 11.9 Å². The molecule has 1 amide bonds. The Bertz CT molecular complexity index is 973. The molecule has 0 aromatic carbocycles. The van der Waals surface area contributed by atoms with Crippen molar-refractivity contribution in [3.8, 4) is 0 Å². The van der Waals surface area contributed by atoms with E-state index in [0.717, 1.165) is 77.0 Å². The minimum absolute atomic E-state index is 0.0840. The Kier molecular flexibility index (Phi) is 38.5. The van der Waals surface area contributed by atoms with E-state index in [1.165, 1.54) is 89.9 Å². The van der Waals surface area contributed by atoms with Gasteiger partial charge in [-0.05, 0) is 103 Å². The molecule has 0 aliphatic rings. The molecule has 4 N–H and O–H groups in total. The maximum Gasteiger partial charge on any atom is 0.326 e. The van der Waals surface area contributed by atoms with E-state index in [4.69, 9.17) is 10.5 Å². The molecule has 0 aliphatic heterocycles. The van der Waals surface area contributed by atoms with E-state index in [1.54, 1.807) is 0 Å². The Hall–Kier alpha value is -2.67. The maximum absolute atomic E-state index is 12.7. The van der Waals surface area contributed by atoms with Crippen LogP contribution in [-0.4, -0.2) is 41.6 Å². The number of allylic oxidation sites excluding steroid dienone is 7. The summed E-state index contributed by atoms with van der Waals surface area (Å²) in [5.41, 5.74) is 5.47. The summed E-state index contributed by atoms with van der Waals surface area (Å²) in [5, 5.41) is 11.9. The van der Waals surface area contributed by atoms with Gasteiger partial charge in [-0.3, -0.25) is 9.59 Å². The number of amides is 1. The Morgan fingerprint density at radius 2 is 1.04 bits per heavy atom. The number of hydrogen-bond donors (Lipinski definition) is 3. The summed E-state index contributed by atoms with van der Waals surface area (Å²) in [6.45, 7) is 4.89. The Balaban J connectivity index is 4.25. The number of carbonyl (C=O) groups excluding carboxylic acids is 2. The zero-order chi connectivity index (χ0) is 38.9. The maximum atomic E-state index is 12.7. The molecular formula is C46H82N2O5. The van der Waals surface area contributed by atoms with E-state index in [0.29, 0.717) is 32.2 Å². The fourth-order valence-corrected chi connectivity index (χ4v) is 6.25. The van der Waals surface area contributed by atoms with Gasteiger partial charge in [0.05, 0.1) is 0 Å². The lowest BCUT2D eigenvalue weighted by molar-refractivity contribution is -0.147. The highest BCUT2D eigenvalue weighted by molar-refractivity contribution is 5.83. The predicted molar refractivity (Wildman–Crippen MR) is 225 cm³/mol. The van der Waals surface area contributed by atoms with Crippen LogP contribution in [0.25, 0.3) is 0 Å². The largest absolute Gasteiger partial charge is 0.480 e. The predicted octanol–water partition coefficient (Wildman–Crippen LogP) is 12.4. The third-order valence-corrected chi connectivity index (χ3v) is 9.60. The third-order valence-electron chi connectivity index (χ3n) is 9.60. The molecule has 0 rings (SSSR count). The van der Waals surface area contributed by atoms with Gasteiger partial charge in [0.1, 0.15) is 12.1 Å². The molecule has 2 unspecified atom stereocenters. The van der Waals surface area contributed by atoms with Crippen LogP contribution in [-0.2, 0) is 19.1 Å². The first-order valence-electron chi connectivity index (χ1n) is 22.0. The fourth-order valence-electron chi connectivity index (χ4n) is 6.25. The van der Waals surface area contributed by atoms with Gasteiger partial charge in [0.2, 0.25) is 5.91 Å². The van der Waals surface area contributed by atoms with Crippen molar-refractivity contribution in [1.29, 1.82) is 0 Å². The fraction of sp³-hybridized carbons (Fsp3) is 0.761.